The van der Waals surface area contributed by atoms with Crippen molar-refractivity contribution in [3.63, 3.8) is 0 Å². The van der Waals surface area contributed by atoms with E-state index in [2.05, 4.69) is 42.1 Å². The van der Waals surface area contributed by atoms with E-state index >= 15 is 0 Å². The molecule has 2 rings (SSSR count). The molecule has 1 N–H and O–H groups in total. The summed E-state index contributed by atoms with van der Waals surface area (Å²) in [6, 6.07) is 0.994. The number of aromatic nitrogens is 2. The van der Waals surface area contributed by atoms with E-state index in [9.17, 15) is 0 Å². The summed E-state index contributed by atoms with van der Waals surface area (Å²) in [5, 5.41) is 7.82. The SMILES string of the molecule is CNC(C)c1cnn(C2CC(C)CC(C)C2)c1. The molecule has 3 unspecified atom stereocenters. The van der Waals surface area contributed by atoms with Crippen LogP contribution in [0.2, 0.25) is 0 Å². The van der Waals surface area contributed by atoms with Crippen molar-refractivity contribution in [1.29, 1.82) is 0 Å². The smallest absolute Gasteiger partial charge is 0.0537 e. The Bertz CT molecular complexity index is 348. The van der Waals surface area contributed by atoms with Crippen molar-refractivity contribution >= 4 is 0 Å². The first-order valence-electron chi connectivity index (χ1n) is 6.81. The maximum Gasteiger partial charge on any atom is 0.0537 e. The topological polar surface area (TPSA) is 29.9 Å². The van der Waals surface area contributed by atoms with Gasteiger partial charge in [0.15, 0.2) is 0 Å². The van der Waals surface area contributed by atoms with Crippen LogP contribution in [0.15, 0.2) is 12.4 Å². The molecule has 0 aliphatic heterocycles. The predicted molar refractivity (Wildman–Crippen MR) is 70.9 cm³/mol. The third-order valence-corrected chi connectivity index (χ3v) is 4.08. The maximum absolute atomic E-state index is 4.55. The zero-order chi connectivity index (χ0) is 12.4. The van der Waals surface area contributed by atoms with Gasteiger partial charge in [-0.3, -0.25) is 4.68 Å². The van der Waals surface area contributed by atoms with Gasteiger partial charge in [0, 0.05) is 17.8 Å². The Balaban J connectivity index is 2.09. The summed E-state index contributed by atoms with van der Waals surface area (Å²) in [7, 11) is 1.99. The Hall–Kier alpha value is -0.830. The van der Waals surface area contributed by atoms with Gasteiger partial charge in [-0.25, -0.2) is 0 Å². The van der Waals surface area contributed by atoms with Gasteiger partial charge in [-0.05, 0) is 45.1 Å². The third kappa shape index (κ3) is 2.89. The molecule has 1 aliphatic carbocycles. The van der Waals surface area contributed by atoms with Crippen LogP contribution in [0, 0.1) is 11.8 Å². The van der Waals surface area contributed by atoms with Gasteiger partial charge >= 0.3 is 0 Å². The third-order valence-electron chi connectivity index (χ3n) is 4.08. The molecule has 96 valence electrons. The van der Waals surface area contributed by atoms with Crippen LogP contribution < -0.4 is 5.32 Å². The summed E-state index contributed by atoms with van der Waals surface area (Å²) >= 11 is 0. The normalized spacial score (nSPS) is 31.4. The Labute approximate surface area is 105 Å². The summed E-state index contributed by atoms with van der Waals surface area (Å²) in [6.07, 6.45) is 8.15. The number of hydrogen-bond acceptors (Lipinski definition) is 2. The van der Waals surface area contributed by atoms with Crippen LogP contribution in [0.25, 0.3) is 0 Å². The molecule has 0 saturated heterocycles. The molecule has 3 atom stereocenters. The highest BCUT2D eigenvalue weighted by Gasteiger charge is 2.25. The molecule has 1 saturated carbocycles. The monoisotopic (exact) mass is 235 g/mol. The summed E-state index contributed by atoms with van der Waals surface area (Å²) < 4.78 is 2.19. The molecule has 1 aromatic heterocycles. The maximum atomic E-state index is 4.55. The van der Waals surface area contributed by atoms with Crippen LogP contribution >= 0.6 is 0 Å². The van der Waals surface area contributed by atoms with Crippen molar-refractivity contribution in [2.45, 2.75) is 52.1 Å². The summed E-state index contributed by atoms with van der Waals surface area (Å²) in [6.45, 7) is 6.90. The van der Waals surface area contributed by atoms with Crippen molar-refractivity contribution in [2.75, 3.05) is 7.05 Å². The Kier molecular flexibility index (Phi) is 3.87. The molecule has 0 spiro atoms. The highest BCUT2D eigenvalue weighted by Crippen LogP contribution is 2.35. The van der Waals surface area contributed by atoms with Gasteiger partial charge in [0.1, 0.15) is 0 Å². The molecule has 1 heterocycles. The van der Waals surface area contributed by atoms with Gasteiger partial charge in [0.2, 0.25) is 0 Å². The van der Waals surface area contributed by atoms with E-state index in [0.29, 0.717) is 12.1 Å². The second-order valence-corrected chi connectivity index (χ2v) is 5.84. The van der Waals surface area contributed by atoms with Crippen LogP contribution in [0.1, 0.15) is 57.7 Å². The first-order valence-corrected chi connectivity index (χ1v) is 6.81. The van der Waals surface area contributed by atoms with Crippen molar-refractivity contribution < 1.29 is 0 Å². The minimum absolute atomic E-state index is 0.391. The van der Waals surface area contributed by atoms with Gasteiger partial charge in [0.05, 0.1) is 12.2 Å². The molecule has 0 amide bonds. The second-order valence-electron chi connectivity index (χ2n) is 5.84. The van der Waals surface area contributed by atoms with Crippen LogP contribution in [-0.2, 0) is 0 Å². The van der Waals surface area contributed by atoms with Crippen LogP contribution in [-0.4, -0.2) is 16.8 Å². The van der Waals surface area contributed by atoms with Gasteiger partial charge in [0.25, 0.3) is 0 Å². The largest absolute Gasteiger partial charge is 0.313 e. The van der Waals surface area contributed by atoms with E-state index in [0.717, 1.165) is 11.8 Å². The zero-order valence-electron chi connectivity index (χ0n) is 11.5. The lowest BCUT2D eigenvalue weighted by Gasteiger charge is -2.31. The first-order chi connectivity index (χ1) is 8.10. The predicted octanol–water partition coefficient (Wildman–Crippen LogP) is 3.16. The summed E-state index contributed by atoms with van der Waals surface area (Å²) in [4.78, 5) is 0. The molecule has 0 aromatic carbocycles. The van der Waals surface area contributed by atoms with Crippen molar-refractivity contribution in [2.24, 2.45) is 11.8 Å². The highest BCUT2D eigenvalue weighted by molar-refractivity contribution is 5.09. The lowest BCUT2D eigenvalue weighted by Crippen LogP contribution is -2.23. The van der Waals surface area contributed by atoms with E-state index in [4.69, 9.17) is 0 Å². The number of rotatable bonds is 3. The van der Waals surface area contributed by atoms with Crippen LogP contribution in [0.4, 0.5) is 0 Å². The van der Waals surface area contributed by atoms with E-state index < -0.39 is 0 Å². The quantitative estimate of drug-likeness (QED) is 0.872. The number of nitrogens with zero attached hydrogens (tertiary/aromatic N) is 2. The van der Waals surface area contributed by atoms with E-state index in [1.165, 1.54) is 24.8 Å². The fourth-order valence-corrected chi connectivity index (χ4v) is 3.06. The molecule has 3 heteroatoms. The molecule has 3 nitrogen and oxygen atoms in total. The number of nitrogens with one attached hydrogen (secondary N) is 1. The first kappa shape index (κ1) is 12.6. The minimum atomic E-state index is 0.391. The fourth-order valence-electron chi connectivity index (χ4n) is 3.06. The molecule has 0 radical (unpaired) electrons. The van der Waals surface area contributed by atoms with Gasteiger partial charge in [-0.1, -0.05) is 13.8 Å². The average molecular weight is 235 g/mol. The second kappa shape index (κ2) is 5.21. The highest BCUT2D eigenvalue weighted by atomic mass is 15.3. The lowest BCUT2D eigenvalue weighted by molar-refractivity contribution is 0.210. The molecular formula is C14H25N3. The van der Waals surface area contributed by atoms with Gasteiger partial charge in [-0.15, -0.1) is 0 Å². The lowest BCUT2D eigenvalue weighted by atomic mass is 9.80. The molecular weight excluding hydrogens is 210 g/mol. The van der Waals surface area contributed by atoms with Crippen LogP contribution in [0.3, 0.4) is 0 Å². The molecule has 1 aromatic rings. The van der Waals surface area contributed by atoms with Crippen molar-refractivity contribution in [3.05, 3.63) is 18.0 Å². The Morgan fingerprint density at radius 1 is 1.29 bits per heavy atom. The Morgan fingerprint density at radius 3 is 2.53 bits per heavy atom. The Morgan fingerprint density at radius 2 is 1.94 bits per heavy atom. The van der Waals surface area contributed by atoms with Gasteiger partial charge in [-0.2, -0.15) is 5.10 Å². The van der Waals surface area contributed by atoms with Crippen LogP contribution in [0.5, 0.6) is 0 Å². The van der Waals surface area contributed by atoms with E-state index in [1.54, 1.807) is 0 Å². The van der Waals surface area contributed by atoms with E-state index in [-0.39, 0.29) is 0 Å². The average Bonchev–Trinajstić information content (AvgIpc) is 2.76. The van der Waals surface area contributed by atoms with Crippen molar-refractivity contribution in [1.82, 2.24) is 15.1 Å². The molecule has 1 aliphatic rings. The van der Waals surface area contributed by atoms with Crippen molar-refractivity contribution in [3.8, 4) is 0 Å². The molecule has 17 heavy (non-hydrogen) atoms. The fraction of sp³-hybridized carbons (Fsp3) is 0.786. The standard InChI is InChI=1S/C14H25N3/c1-10-5-11(2)7-14(6-10)17-9-13(8-16-17)12(3)15-4/h8-12,14-15H,5-7H2,1-4H3. The summed E-state index contributed by atoms with van der Waals surface area (Å²) in [5.74, 6) is 1.66. The number of hydrogen-bond donors (Lipinski definition) is 1. The van der Waals surface area contributed by atoms with E-state index in [1.807, 2.05) is 13.2 Å². The summed E-state index contributed by atoms with van der Waals surface area (Å²) in [5.41, 5.74) is 1.29. The molecule has 0 bridgehead atoms. The van der Waals surface area contributed by atoms with Gasteiger partial charge < -0.3 is 5.32 Å². The molecule has 1 fully saturated rings. The minimum Gasteiger partial charge on any atom is -0.313 e. The zero-order valence-corrected chi connectivity index (χ0v) is 11.5.